The number of aromatic nitrogens is 3. The van der Waals surface area contributed by atoms with Crippen LogP contribution in [0, 0.1) is 0 Å². The van der Waals surface area contributed by atoms with Gasteiger partial charge in [-0.3, -0.25) is 19.5 Å². The lowest BCUT2D eigenvalue weighted by Gasteiger charge is -2.17. The molecule has 10 nitrogen and oxygen atoms in total. The minimum Gasteiger partial charge on any atom is -0.461 e. The molecule has 3 rings (SSSR count). The Hall–Kier alpha value is -3.60. The van der Waals surface area contributed by atoms with Gasteiger partial charge in [0.1, 0.15) is 0 Å². The summed E-state index contributed by atoms with van der Waals surface area (Å²) in [6.45, 7) is 2.48. The van der Waals surface area contributed by atoms with Gasteiger partial charge in [0.05, 0.1) is 12.0 Å². The highest BCUT2D eigenvalue weighted by atomic mass is 32.2. The van der Waals surface area contributed by atoms with Gasteiger partial charge in [-0.25, -0.2) is 4.79 Å². The number of amides is 3. The predicted octanol–water partition coefficient (Wildman–Crippen LogP) is 2.13. The summed E-state index contributed by atoms with van der Waals surface area (Å²) in [4.78, 5) is 35.7. The zero-order valence-electron chi connectivity index (χ0n) is 16.0. The number of nitrogens with zero attached hydrogens (tertiary/aromatic N) is 3. The Labute approximate surface area is 175 Å². The summed E-state index contributed by atoms with van der Waals surface area (Å²) in [5, 5.41) is 10.6. The summed E-state index contributed by atoms with van der Waals surface area (Å²) in [6, 6.07) is 10.8. The molecule has 3 amide bonds. The van der Waals surface area contributed by atoms with E-state index in [0.717, 1.165) is 11.8 Å². The average Bonchev–Trinajstić information content (AvgIpc) is 3.39. The molecular weight excluding hydrogens is 410 g/mol. The molecule has 0 aliphatic carbocycles. The zero-order chi connectivity index (χ0) is 21.5. The molecule has 0 aliphatic rings. The van der Waals surface area contributed by atoms with Crippen LogP contribution in [0.25, 0.3) is 11.6 Å². The number of furan rings is 1. The largest absolute Gasteiger partial charge is 0.461 e. The van der Waals surface area contributed by atoms with Crippen LogP contribution in [0.1, 0.15) is 18.6 Å². The fraction of sp³-hybridized carbons (Fsp3) is 0.211. The fourth-order valence-electron chi connectivity index (χ4n) is 2.65. The summed E-state index contributed by atoms with van der Waals surface area (Å²) in [5.41, 5.74) is 5.42. The number of hydrogen-bond acceptors (Lipinski definition) is 8. The summed E-state index contributed by atoms with van der Waals surface area (Å²) >= 11 is 1.11. The molecule has 0 spiro atoms. The minimum absolute atomic E-state index is 0.122. The standard InChI is InChI=1S/C19H19N5O5S/c1-2-24-16(13-9-6-10-28-13)22-23-19(24)30-11-14(25)29-15(17(26)21-18(20)27)12-7-4-3-5-8-12/h3-10,15H,2,11H2,1H3,(H3,20,21,26,27). The lowest BCUT2D eigenvalue weighted by atomic mass is 10.1. The Morgan fingerprint density at radius 2 is 1.97 bits per heavy atom. The van der Waals surface area contributed by atoms with E-state index in [1.807, 2.05) is 12.2 Å². The van der Waals surface area contributed by atoms with E-state index in [9.17, 15) is 14.4 Å². The molecule has 1 atom stereocenters. The van der Waals surface area contributed by atoms with Crippen molar-refractivity contribution in [1.82, 2.24) is 20.1 Å². The highest BCUT2D eigenvalue weighted by Gasteiger charge is 2.26. The second-order valence-corrected chi connectivity index (χ2v) is 6.89. The van der Waals surface area contributed by atoms with Crippen molar-refractivity contribution in [2.75, 3.05) is 5.75 Å². The second-order valence-electron chi connectivity index (χ2n) is 5.95. The van der Waals surface area contributed by atoms with E-state index in [1.165, 1.54) is 6.26 Å². The van der Waals surface area contributed by atoms with Crippen molar-refractivity contribution in [2.45, 2.75) is 24.7 Å². The highest BCUT2D eigenvalue weighted by Crippen LogP contribution is 2.25. The Morgan fingerprint density at radius 1 is 1.20 bits per heavy atom. The predicted molar refractivity (Wildman–Crippen MR) is 107 cm³/mol. The minimum atomic E-state index is -1.31. The number of hydrogen-bond donors (Lipinski definition) is 2. The van der Waals surface area contributed by atoms with Crippen LogP contribution < -0.4 is 11.1 Å². The van der Waals surface area contributed by atoms with Crippen LogP contribution in [-0.2, 0) is 20.9 Å². The first kappa shape index (κ1) is 21.1. The van der Waals surface area contributed by atoms with E-state index < -0.39 is 24.0 Å². The number of nitrogens with one attached hydrogen (secondary N) is 1. The fourth-order valence-corrected chi connectivity index (χ4v) is 3.43. The molecule has 1 aromatic carbocycles. The number of esters is 1. The maximum absolute atomic E-state index is 12.4. The van der Waals surface area contributed by atoms with Crippen molar-refractivity contribution in [1.29, 1.82) is 0 Å². The summed E-state index contributed by atoms with van der Waals surface area (Å²) in [7, 11) is 0. The van der Waals surface area contributed by atoms with E-state index in [-0.39, 0.29) is 5.75 Å². The Morgan fingerprint density at radius 3 is 2.60 bits per heavy atom. The lowest BCUT2D eigenvalue weighted by Crippen LogP contribution is -2.39. The summed E-state index contributed by atoms with van der Waals surface area (Å²) < 4.78 is 12.5. The van der Waals surface area contributed by atoms with Gasteiger partial charge in [-0.15, -0.1) is 10.2 Å². The van der Waals surface area contributed by atoms with Gasteiger partial charge in [0, 0.05) is 12.1 Å². The summed E-state index contributed by atoms with van der Waals surface area (Å²) in [6.07, 6.45) is 0.226. The number of benzene rings is 1. The molecule has 0 saturated heterocycles. The Balaban J connectivity index is 1.69. The Bertz CT molecular complexity index is 1020. The monoisotopic (exact) mass is 429 g/mol. The van der Waals surface area contributed by atoms with Crippen LogP contribution in [0.5, 0.6) is 0 Å². The molecule has 3 aromatic rings. The first-order valence-electron chi connectivity index (χ1n) is 8.94. The number of primary amides is 1. The number of urea groups is 1. The third kappa shape index (κ3) is 5.06. The van der Waals surface area contributed by atoms with E-state index in [1.54, 1.807) is 47.0 Å². The second kappa shape index (κ2) is 9.74. The molecule has 0 saturated carbocycles. The number of rotatable bonds is 8. The van der Waals surface area contributed by atoms with Gasteiger partial charge in [0.2, 0.25) is 6.10 Å². The highest BCUT2D eigenvalue weighted by molar-refractivity contribution is 7.99. The number of carbonyl (C=O) groups excluding carboxylic acids is 3. The van der Waals surface area contributed by atoms with Gasteiger partial charge < -0.3 is 14.9 Å². The molecule has 1 unspecified atom stereocenters. The van der Waals surface area contributed by atoms with Crippen molar-refractivity contribution >= 4 is 29.7 Å². The van der Waals surface area contributed by atoms with Crippen LogP contribution >= 0.6 is 11.8 Å². The lowest BCUT2D eigenvalue weighted by molar-refractivity contribution is -0.153. The molecule has 11 heteroatoms. The molecule has 0 radical (unpaired) electrons. The topological polar surface area (TPSA) is 142 Å². The summed E-state index contributed by atoms with van der Waals surface area (Å²) in [5.74, 6) is -0.515. The van der Waals surface area contributed by atoms with E-state index in [2.05, 4.69) is 10.2 Å². The van der Waals surface area contributed by atoms with Crippen LogP contribution in [0.15, 0.2) is 58.3 Å². The van der Waals surface area contributed by atoms with E-state index in [4.69, 9.17) is 14.9 Å². The van der Waals surface area contributed by atoms with Gasteiger partial charge in [-0.2, -0.15) is 0 Å². The van der Waals surface area contributed by atoms with Gasteiger partial charge in [0.25, 0.3) is 5.91 Å². The van der Waals surface area contributed by atoms with E-state index >= 15 is 0 Å². The van der Waals surface area contributed by atoms with Gasteiger partial charge in [0.15, 0.2) is 16.7 Å². The van der Waals surface area contributed by atoms with Crippen molar-refractivity contribution < 1.29 is 23.5 Å². The first-order chi connectivity index (χ1) is 14.5. The van der Waals surface area contributed by atoms with Crippen LogP contribution in [0.3, 0.4) is 0 Å². The molecule has 156 valence electrons. The Kier molecular flexibility index (Phi) is 6.86. The van der Waals surface area contributed by atoms with Gasteiger partial charge in [-0.1, -0.05) is 42.1 Å². The number of carbonyl (C=O) groups is 3. The number of thioether (sulfide) groups is 1. The van der Waals surface area contributed by atoms with Gasteiger partial charge in [-0.05, 0) is 19.1 Å². The van der Waals surface area contributed by atoms with Crippen molar-refractivity contribution in [3.8, 4) is 11.6 Å². The molecule has 30 heavy (non-hydrogen) atoms. The van der Waals surface area contributed by atoms with Crippen molar-refractivity contribution in [3.63, 3.8) is 0 Å². The molecule has 2 aromatic heterocycles. The van der Waals surface area contributed by atoms with Crippen LogP contribution in [-0.4, -0.2) is 38.4 Å². The van der Waals surface area contributed by atoms with Gasteiger partial charge >= 0.3 is 12.0 Å². The molecule has 0 bridgehead atoms. The number of imide groups is 1. The van der Waals surface area contributed by atoms with Crippen LogP contribution in [0.4, 0.5) is 4.79 Å². The molecule has 0 aliphatic heterocycles. The zero-order valence-corrected chi connectivity index (χ0v) is 16.8. The average molecular weight is 429 g/mol. The maximum atomic E-state index is 12.4. The third-order valence-electron chi connectivity index (χ3n) is 3.93. The normalized spacial score (nSPS) is 11.6. The smallest absolute Gasteiger partial charge is 0.318 e. The van der Waals surface area contributed by atoms with Crippen molar-refractivity contribution in [2.24, 2.45) is 5.73 Å². The molecule has 2 heterocycles. The number of ether oxygens (including phenoxy) is 1. The molecule has 3 N–H and O–H groups in total. The molecular formula is C19H19N5O5S. The number of nitrogens with two attached hydrogens (primary N) is 1. The third-order valence-corrected chi connectivity index (χ3v) is 4.87. The molecule has 0 fully saturated rings. The van der Waals surface area contributed by atoms with Crippen molar-refractivity contribution in [3.05, 3.63) is 54.3 Å². The van der Waals surface area contributed by atoms with E-state index in [0.29, 0.717) is 28.8 Å². The first-order valence-corrected chi connectivity index (χ1v) is 9.92. The quantitative estimate of drug-likeness (QED) is 0.409. The SMILES string of the molecule is CCn1c(SCC(=O)OC(C(=O)NC(N)=O)c2ccccc2)nnc1-c1ccco1. The van der Waals surface area contributed by atoms with Crippen LogP contribution in [0.2, 0.25) is 0 Å². The maximum Gasteiger partial charge on any atom is 0.318 e.